The first-order valence-corrected chi connectivity index (χ1v) is 9.14. The molecule has 136 valence electrons. The van der Waals surface area contributed by atoms with Crippen molar-refractivity contribution in [2.24, 2.45) is 0 Å². The highest BCUT2D eigenvalue weighted by molar-refractivity contribution is 6.35. The number of carbonyl (C=O) groups excluding carboxylic acids is 1. The molecule has 1 fully saturated rings. The topological polar surface area (TPSA) is 32.8 Å². The Bertz CT molecular complexity index is 815. The summed E-state index contributed by atoms with van der Waals surface area (Å²) >= 11 is 12.0. The fraction of sp³-hybridized carbons (Fsp3) is 0.250. The molecule has 6 heteroatoms. The number of ether oxygens (including phenoxy) is 1. The van der Waals surface area contributed by atoms with Crippen molar-refractivity contribution >= 4 is 40.9 Å². The average molecular weight is 391 g/mol. The lowest BCUT2D eigenvalue weighted by molar-refractivity contribution is -0.126. The predicted octanol–water partition coefficient (Wildman–Crippen LogP) is 4.36. The number of halogens is 2. The minimum atomic E-state index is -0.0179. The maximum absolute atomic E-state index is 12.4. The standard InChI is InChI=1S/C20H20Cl2N2O2/c1-26-19-5-3-2-4-18(19)23-10-12-24(13-11-23)20(25)9-7-15-6-8-16(21)14-17(15)22/h2-9,14H,10-13H2,1H3/b9-7+. The number of amides is 1. The minimum absolute atomic E-state index is 0.0179. The van der Waals surface area contributed by atoms with E-state index < -0.39 is 0 Å². The number of para-hydroxylation sites is 2. The third kappa shape index (κ3) is 4.32. The zero-order chi connectivity index (χ0) is 18.5. The summed E-state index contributed by atoms with van der Waals surface area (Å²) in [6.45, 7) is 2.86. The quantitative estimate of drug-likeness (QED) is 0.726. The van der Waals surface area contributed by atoms with Gasteiger partial charge in [0.2, 0.25) is 5.91 Å². The Morgan fingerprint density at radius 1 is 1.08 bits per heavy atom. The normalized spacial score (nSPS) is 14.7. The van der Waals surface area contributed by atoms with Crippen LogP contribution in [0.4, 0.5) is 5.69 Å². The lowest BCUT2D eigenvalue weighted by Crippen LogP contribution is -2.48. The SMILES string of the molecule is COc1ccccc1N1CCN(C(=O)/C=C/c2ccc(Cl)cc2Cl)CC1. The molecule has 0 unspecified atom stereocenters. The van der Waals surface area contributed by atoms with Crippen molar-refractivity contribution in [1.29, 1.82) is 0 Å². The molecular formula is C20H20Cl2N2O2. The van der Waals surface area contributed by atoms with Crippen molar-refractivity contribution < 1.29 is 9.53 Å². The van der Waals surface area contributed by atoms with Crippen LogP contribution in [0.1, 0.15) is 5.56 Å². The van der Waals surface area contributed by atoms with Crippen LogP contribution in [0.5, 0.6) is 5.75 Å². The van der Waals surface area contributed by atoms with E-state index in [2.05, 4.69) is 4.90 Å². The third-order valence-corrected chi connectivity index (χ3v) is 4.95. The number of carbonyl (C=O) groups is 1. The summed E-state index contributed by atoms with van der Waals surface area (Å²) in [4.78, 5) is 16.5. The summed E-state index contributed by atoms with van der Waals surface area (Å²) in [6.07, 6.45) is 3.29. The van der Waals surface area contributed by atoms with Gasteiger partial charge in [-0.05, 0) is 35.9 Å². The molecule has 2 aromatic carbocycles. The maximum Gasteiger partial charge on any atom is 0.246 e. The molecular weight excluding hydrogens is 371 g/mol. The molecule has 1 aliphatic rings. The van der Waals surface area contributed by atoms with Crippen molar-refractivity contribution in [2.75, 3.05) is 38.2 Å². The summed E-state index contributed by atoms with van der Waals surface area (Å²) in [7, 11) is 1.67. The monoisotopic (exact) mass is 390 g/mol. The van der Waals surface area contributed by atoms with E-state index in [0.717, 1.165) is 30.1 Å². The molecule has 0 bridgehead atoms. The Morgan fingerprint density at radius 3 is 2.50 bits per heavy atom. The number of rotatable bonds is 4. The lowest BCUT2D eigenvalue weighted by Gasteiger charge is -2.36. The average Bonchev–Trinajstić information content (AvgIpc) is 2.67. The second-order valence-corrected chi connectivity index (χ2v) is 6.83. The van der Waals surface area contributed by atoms with Crippen molar-refractivity contribution in [1.82, 2.24) is 4.90 Å². The summed E-state index contributed by atoms with van der Waals surface area (Å²) in [5.41, 5.74) is 1.84. The largest absolute Gasteiger partial charge is 0.495 e. The van der Waals surface area contributed by atoms with Gasteiger partial charge in [-0.2, -0.15) is 0 Å². The first kappa shape index (κ1) is 18.6. The Labute approximate surface area is 163 Å². The number of piperazine rings is 1. The van der Waals surface area contributed by atoms with Crippen molar-refractivity contribution in [3.63, 3.8) is 0 Å². The smallest absolute Gasteiger partial charge is 0.246 e. The molecule has 1 aliphatic heterocycles. The first-order valence-electron chi connectivity index (χ1n) is 8.38. The van der Waals surface area contributed by atoms with Gasteiger partial charge in [0.05, 0.1) is 12.8 Å². The second-order valence-electron chi connectivity index (χ2n) is 5.98. The van der Waals surface area contributed by atoms with E-state index in [4.69, 9.17) is 27.9 Å². The van der Waals surface area contributed by atoms with Crippen LogP contribution in [0.25, 0.3) is 6.08 Å². The molecule has 0 aromatic heterocycles. The third-order valence-electron chi connectivity index (χ3n) is 4.39. The number of hydrogen-bond donors (Lipinski definition) is 0. The van der Waals surface area contributed by atoms with Crippen LogP contribution < -0.4 is 9.64 Å². The van der Waals surface area contributed by atoms with E-state index in [0.29, 0.717) is 23.1 Å². The van der Waals surface area contributed by atoms with Gasteiger partial charge in [-0.1, -0.05) is 41.4 Å². The molecule has 0 spiro atoms. The van der Waals surface area contributed by atoms with Gasteiger partial charge in [-0.3, -0.25) is 4.79 Å². The second kappa shape index (κ2) is 8.47. The molecule has 0 aliphatic carbocycles. The summed E-state index contributed by atoms with van der Waals surface area (Å²) in [6, 6.07) is 13.2. The Kier molecular flexibility index (Phi) is 6.07. The summed E-state index contributed by atoms with van der Waals surface area (Å²) < 4.78 is 5.42. The van der Waals surface area contributed by atoms with E-state index in [9.17, 15) is 4.79 Å². The maximum atomic E-state index is 12.4. The van der Waals surface area contributed by atoms with Gasteiger partial charge in [0, 0.05) is 42.3 Å². The number of anilines is 1. The fourth-order valence-electron chi connectivity index (χ4n) is 2.96. The molecule has 4 nitrogen and oxygen atoms in total. The van der Waals surface area contributed by atoms with Crippen LogP contribution in [-0.2, 0) is 4.79 Å². The van der Waals surface area contributed by atoms with Gasteiger partial charge in [-0.15, -0.1) is 0 Å². The molecule has 1 amide bonds. The van der Waals surface area contributed by atoms with Gasteiger partial charge in [0.25, 0.3) is 0 Å². The van der Waals surface area contributed by atoms with E-state index in [1.54, 1.807) is 37.5 Å². The van der Waals surface area contributed by atoms with Crippen LogP contribution >= 0.6 is 23.2 Å². The molecule has 3 rings (SSSR count). The summed E-state index contributed by atoms with van der Waals surface area (Å²) in [5.74, 6) is 0.834. The van der Waals surface area contributed by atoms with Crippen LogP contribution in [0, 0.1) is 0 Å². The Morgan fingerprint density at radius 2 is 1.81 bits per heavy atom. The highest BCUT2D eigenvalue weighted by Gasteiger charge is 2.21. The van der Waals surface area contributed by atoms with Gasteiger partial charge < -0.3 is 14.5 Å². The Hall–Kier alpha value is -2.17. The lowest BCUT2D eigenvalue weighted by atomic mass is 10.2. The Balaban J connectivity index is 1.61. The fourth-order valence-corrected chi connectivity index (χ4v) is 3.43. The highest BCUT2D eigenvalue weighted by atomic mass is 35.5. The van der Waals surface area contributed by atoms with Crippen molar-refractivity contribution in [3.05, 3.63) is 64.1 Å². The molecule has 1 heterocycles. The van der Waals surface area contributed by atoms with E-state index in [1.807, 2.05) is 29.2 Å². The molecule has 1 saturated heterocycles. The number of nitrogens with zero attached hydrogens (tertiary/aromatic N) is 2. The van der Waals surface area contributed by atoms with Gasteiger partial charge >= 0.3 is 0 Å². The van der Waals surface area contributed by atoms with E-state index in [-0.39, 0.29) is 5.91 Å². The molecule has 26 heavy (non-hydrogen) atoms. The number of hydrogen-bond acceptors (Lipinski definition) is 3. The summed E-state index contributed by atoms with van der Waals surface area (Å²) in [5, 5.41) is 1.11. The van der Waals surface area contributed by atoms with Crippen molar-refractivity contribution in [2.45, 2.75) is 0 Å². The molecule has 0 saturated carbocycles. The van der Waals surface area contributed by atoms with Crippen LogP contribution in [-0.4, -0.2) is 44.1 Å². The van der Waals surface area contributed by atoms with Crippen LogP contribution in [0.15, 0.2) is 48.5 Å². The first-order chi connectivity index (χ1) is 12.6. The van der Waals surface area contributed by atoms with Gasteiger partial charge in [0.15, 0.2) is 0 Å². The van der Waals surface area contributed by atoms with Gasteiger partial charge in [-0.25, -0.2) is 0 Å². The molecule has 0 radical (unpaired) electrons. The molecule has 2 aromatic rings. The molecule has 0 atom stereocenters. The molecule has 0 N–H and O–H groups in total. The highest BCUT2D eigenvalue weighted by Crippen LogP contribution is 2.28. The van der Waals surface area contributed by atoms with E-state index >= 15 is 0 Å². The van der Waals surface area contributed by atoms with Crippen LogP contribution in [0.3, 0.4) is 0 Å². The predicted molar refractivity (Wildman–Crippen MR) is 107 cm³/mol. The number of methoxy groups -OCH3 is 1. The van der Waals surface area contributed by atoms with Gasteiger partial charge in [0.1, 0.15) is 5.75 Å². The minimum Gasteiger partial charge on any atom is -0.495 e. The number of benzene rings is 2. The zero-order valence-electron chi connectivity index (χ0n) is 14.5. The van der Waals surface area contributed by atoms with Crippen LogP contribution in [0.2, 0.25) is 10.0 Å². The zero-order valence-corrected chi connectivity index (χ0v) is 16.0. The van der Waals surface area contributed by atoms with E-state index in [1.165, 1.54) is 0 Å². The van der Waals surface area contributed by atoms with Crippen molar-refractivity contribution in [3.8, 4) is 5.75 Å².